The van der Waals surface area contributed by atoms with Gasteiger partial charge in [-0.15, -0.1) is 0 Å². The van der Waals surface area contributed by atoms with Gasteiger partial charge in [-0.3, -0.25) is 0 Å². The molecule has 0 bridgehead atoms. The van der Waals surface area contributed by atoms with Crippen molar-refractivity contribution in [3.8, 4) is 5.75 Å². The standard InChI is InChI=1S/C14H22FNO3/c1-9(2)18-7-12(17)8-19-14-6-11(15)4-5-13(14)10(3)16/h4-6,9-10,12,17H,7-8,16H2,1-3H3/t10-,12?/m1/s1. The van der Waals surface area contributed by atoms with Crippen LogP contribution in [0, 0.1) is 5.82 Å². The van der Waals surface area contributed by atoms with E-state index in [1.165, 1.54) is 12.1 Å². The molecular weight excluding hydrogens is 249 g/mol. The molecule has 0 spiro atoms. The maximum Gasteiger partial charge on any atom is 0.127 e. The highest BCUT2D eigenvalue weighted by Gasteiger charge is 2.12. The molecule has 0 fully saturated rings. The zero-order valence-electron chi connectivity index (χ0n) is 11.6. The van der Waals surface area contributed by atoms with Crippen LogP contribution in [0.2, 0.25) is 0 Å². The maximum atomic E-state index is 13.2. The Morgan fingerprint density at radius 1 is 1.26 bits per heavy atom. The van der Waals surface area contributed by atoms with E-state index in [0.29, 0.717) is 11.3 Å². The summed E-state index contributed by atoms with van der Waals surface area (Å²) in [6.07, 6.45) is -0.713. The molecule has 0 aromatic heterocycles. The average Bonchev–Trinajstić information content (AvgIpc) is 2.33. The normalized spacial score (nSPS) is 14.5. The summed E-state index contributed by atoms with van der Waals surface area (Å²) in [5, 5.41) is 9.68. The van der Waals surface area contributed by atoms with E-state index in [4.69, 9.17) is 15.2 Å². The SMILES string of the molecule is CC(C)OCC(O)COc1cc(F)ccc1[C@@H](C)N. The summed E-state index contributed by atoms with van der Waals surface area (Å²) in [5.41, 5.74) is 6.49. The molecule has 0 amide bonds. The first-order valence-electron chi connectivity index (χ1n) is 6.37. The molecule has 3 N–H and O–H groups in total. The molecule has 0 heterocycles. The summed E-state index contributed by atoms with van der Waals surface area (Å²) in [7, 11) is 0. The van der Waals surface area contributed by atoms with E-state index >= 15 is 0 Å². The van der Waals surface area contributed by atoms with Crippen LogP contribution in [0.25, 0.3) is 0 Å². The quantitative estimate of drug-likeness (QED) is 0.796. The van der Waals surface area contributed by atoms with Crippen molar-refractivity contribution in [1.29, 1.82) is 0 Å². The zero-order valence-corrected chi connectivity index (χ0v) is 11.6. The minimum Gasteiger partial charge on any atom is -0.490 e. The average molecular weight is 271 g/mol. The fourth-order valence-corrected chi connectivity index (χ4v) is 1.55. The van der Waals surface area contributed by atoms with Crippen molar-refractivity contribution >= 4 is 0 Å². The molecule has 108 valence electrons. The first kappa shape index (κ1) is 15.9. The van der Waals surface area contributed by atoms with Gasteiger partial charge in [0, 0.05) is 17.7 Å². The third-order valence-corrected chi connectivity index (χ3v) is 2.52. The van der Waals surface area contributed by atoms with Crippen LogP contribution in [0.3, 0.4) is 0 Å². The minimum atomic E-state index is -0.758. The second kappa shape index (κ2) is 7.43. The molecule has 1 aromatic carbocycles. The Bertz CT molecular complexity index is 396. The Morgan fingerprint density at radius 2 is 1.95 bits per heavy atom. The fraction of sp³-hybridized carbons (Fsp3) is 0.571. The summed E-state index contributed by atoms with van der Waals surface area (Å²) < 4.78 is 23.9. The molecular formula is C14H22FNO3. The lowest BCUT2D eigenvalue weighted by molar-refractivity contribution is -0.0124. The number of ether oxygens (including phenoxy) is 2. The monoisotopic (exact) mass is 271 g/mol. The van der Waals surface area contributed by atoms with E-state index in [2.05, 4.69) is 0 Å². The summed E-state index contributed by atoms with van der Waals surface area (Å²) in [4.78, 5) is 0. The van der Waals surface area contributed by atoms with Crippen LogP contribution in [0.5, 0.6) is 5.75 Å². The molecule has 1 rings (SSSR count). The van der Waals surface area contributed by atoms with E-state index in [1.54, 1.807) is 13.0 Å². The lowest BCUT2D eigenvalue weighted by atomic mass is 10.1. The number of hydrogen-bond donors (Lipinski definition) is 2. The van der Waals surface area contributed by atoms with Gasteiger partial charge in [0.15, 0.2) is 0 Å². The molecule has 5 heteroatoms. The van der Waals surface area contributed by atoms with Crippen LogP contribution in [-0.2, 0) is 4.74 Å². The number of halogens is 1. The molecule has 0 saturated carbocycles. The van der Waals surface area contributed by atoms with Crippen molar-refractivity contribution in [3.63, 3.8) is 0 Å². The van der Waals surface area contributed by atoms with Crippen LogP contribution >= 0.6 is 0 Å². The van der Waals surface area contributed by atoms with Gasteiger partial charge < -0.3 is 20.3 Å². The summed E-state index contributed by atoms with van der Waals surface area (Å²) in [6.45, 7) is 5.78. The van der Waals surface area contributed by atoms with Gasteiger partial charge in [-0.05, 0) is 26.8 Å². The zero-order chi connectivity index (χ0) is 14.4. The smallest absolute Gasteiger partial charge is 0.127 e. The summed E-state index contributed by atoms with van der Waals surface area (Å²) >= 11 is 0. The van der Waals surface area contributed by atoms with Crippen LogP contribution in [-0.4, -0.2) is 30.5 Å². The Kier molecular flexibility index (Phi) is 6.21. The second-order valence-electron chi connectivity index (χ2n) is 4.82. The largest absolute Gasteiger partial charge is 0.490 e. The van der Waals surface area contributed by atoms with E-state index in [0.717, 1.165) is 0 Å². The highest BCUT2D eigenvalue weighted by atomic mass is 19.1. The maximum absolute atomic E-state index is 13.2. The number of aliphatic hydroxyl groups is 1. The summed E-state index contributed by atoms with van der Waals surface area (Å²) in [6, 6.07) is 3.94. The van der Waals surface area contributed by atoms with Crippen LogP contribution in [0.15, 0.2) is 18.2 Å². The molecule has 2 atom stereocenters. The van der Waals surface area contributed by atoms with Crippen LogP contribution in [0.4, 0.5) is 4.39 Å². The molecule has 1 aromatic rings. The molecule has 0 aliphatic rings. The van der Waals surface area contributed by atoms with Crippen molar-refractivity contribution in [2.24, 2.45) is 5.73 Å². The lowest BCUT2D eigenvalue weighted by Crippen LogP contribution is -2.25. The number of benzene rings is 1. The van der Waals surface area contributed by atoms with Gasteiger partial charge in [0.05, 0.1) is 12.7 Å². The Hall–Kier alpha value is -1.17. The van der Waals surface area contributed by atoms with E-state index < -0.39 is 11.9 Å². The Balaban J connectivity index is 2.59. The minimum absolute atomic E-state index is 0.0376. The highest BCUT2D eigenvalue weighted by Crippen LogP contribution is 2.24. The van der Waals surface area contributed by atoms with E-state index in [1.807, 2.05) is 13.8 Å². The predicted molar refractivity (Wildman–Crippen MR) is 71.6 cm³/mol. The van der Waals surface area contributed by atoms with E-state index in [9.17, 15) is 9.50 Å². The fourth-order valence-electron chi connectivity index (χ4n) is 1.55. The number of nitrogens with two attached hydrogens (primary N) is 1. The van der Waals surface area contributed by atoms with Gasteiger partial charge in [0.25, 0.3) is 0 Å². The van der Waals surface area contributed by atoms with Gasteiger partial charge in [-0.25, -0.2) is 4.39 Å². The van der Waals surface area contributed by atoms with Crippen LogP contribution < -0.4 is 10.5 Å². The lowest BCUT2D eigenvalue weighted by Gasteiger charge is -2.17. The number of hydrogen-bond acceptors (Lipinski definition) is 4. The Morgan fingerprint density at radius 3 is 2.53 bits per heavy atom. The third-order valence-electron chi connectivity index (χ3n) is 2.52. The first-order valence-corrected chi connectivity index (χ1v) is 6.37. The molecule has 0 aliphatic heterocycles. The predicted octanol–water partition coefficient (Wildman–Crippen LogP) is 2.01. The van der Waals surface area contributed by atoms with E-state index in [-0.39, 0.29) is 25.4 Å². The van der Waals surface area contributed by atoms with Crippen molar-refractivity contribution in [2.75, 3.05) is 13.2 Å². The second-order valence-corrected chi connectivity index (χ2v) is 4.82. The highest BCUT2D eigenvalue weighted by molar-refractivity contribution is 5.36. The molecule has 0 aliphatic carbocycles. The van der Waals surface area contributed by atoms with Crippen LogP contribution in [0.1, 0.15) is 32.4 Å². The summed E-state index contributed by atoms with van der Waals surface area (Å²) in [5.74, 6) is -0.0362. The topological polar surface area (TPSA) is 64.7 Å². The Labute approximate surface area is 113 Å². The van der Waals surface area contributed by atoms with Crippen molar-refractivity contribution in [3.05, 3.63) is 29.6 Å². The van der Waals surface area contributed by atoms with Gasteiger partial charge in [-0.1, -0.05) is 6.07 Å². The molecule has 0 radical (unpaired) electrons. The number of rotatable bonds is 7. The molecule has 1 unspecified atom stereocenters. The molecule has 19 heavy (non-hydrogen) atoms. The first-order chi connectivity index (χ1) is 8.90. The third kappa shape index (κ3) is 5.55. The van der Waals surface area contributed by atoms with Crippen molar-refractivity contribution < 1.29 is 19.0 Å². The van der Waals surface area contributed by atoms with Crippen molar-refractivity contribution in [2.45, 2.75) is 39.0 Å². The van der Waals surface area contributed by atoms with Gasteiger partial charge >= 0.3 is 0 Å². The van der Waals surface area contributed by atoms with Gasteiger partial charge in [0.2, 0.25) is 0 Å². The van der Waals surface area contributed by atoms with Gasteiger partial charge in [0.1, 0.15) is 24.3 Å². The number of aliphatic hydroxyl groups excluding tert-OH is 1. The van der Waals surface area contributed by atoms with Crippen molar-refractivity contribution in [1.82, 2.24) is 0 Å². The van der Waals surface area contributed by atoms with Gasteiger partial charge in [-0.2, -0.15) is 0 Å². The molecule has 4 nitrogen and oxygen atoms in total. The molecule has 0 saturated heterocycles.